The number of ketones is 2. The summed E-state index contributed by atoms with van der Waals surface area (Å²) >= 11 is 0. The second kappa shape index (κ2) is 10.5. The van der Waals surface area contributed by atoms with Crippen LogP contribution in [-0.2, 0) is 24.0 Å². The molecule has 2 amide bonds. The smallest absolute Gasteiger partial charge is 0.303 e. The molecule has 15 heteroatoms. The van der Waals surface area contributed by atoms with Gasteiger partial charge < -0.3 is 47.4 Å². The summed E-state index contributed by atoms with van der Waals surface area (Å²) in [6.07, 6.45) is -2.33. The van der Waals surface area contributed by atoms with Crippen molar-refractivity contribution < 1.29 is 54.6 Å². The van der Waals surface area contributed by atoms with Crippen molar-refractivity contribution in [3.8, 4) is 5.75 Å². The van der Waals surface area contributed by atoms with E-state index in [1.807, 2.05) is 0 Å². The molecule has 0 aliphatic heterocycles. The van der Waals surface area contributed by atoms with Crippen molar-refractivity contribution in [1.29, 1.82) is 0 Å². The number of aromatic hydroxyl groups is 1. The first-order valence-corrected chi connectivity index (χ1v) is 12.9. The molecular weight excluding hydrogens is 556 g/mol. The molecule has 0 heterocycles. The average molecular weight is 589 g/mol. The van der Waals surface area contributed by atoms with Crippen LogP contribution in [0.2, 0.25) is 0 Å². The third-order valence-electron chi connectivity index (χ3n) is 8.39. The number of hydrogen-bond donors (Lipinski definition) is 9. The number of anilines is 1. The highest BCUT2D eigenvalue weighted by atomic mass is 16.4. The number of nitrogens with zero attached hydrogens (tertiary/aromatic N) is 1. The normalized spacial score (nSPS) is 29.5. The Balaban J connectivity index is 1.87. The summed E-state index contributed by atoms with van der Waals surface area (Å²) in [5, 5.41) is 67.8. The predicted molar refractivity (Wildman–Crippen MR) is 144 cm³/mol. The minimum Gasteiger partial charge on any atom is -0.508 e. The molecule has 1 aromatic rings. The van der Waals surface area contributed by atoms with E-state index in [1.165, 1.54) is 31.1 Å². The van der Waals surface area contributed by atoms with Crippen molar-refractivity contribution in [2.45, 2.75) is 49.5 Å². The van der Waals surface area contributed by atoms with Crippen molar-refractivity contribution >= 4 is 40.8 Å². The van der Waals surface area contributed by atoms with Crippen molar-refractivity contribution in [2.75, 3.05) is 19.4 Å². The second-order valence-corrected chi connectivity index (χ2v) is 11.0. The Labute approximate surface area is 238 Å². The number of phenolic OH excluding ortho intramolecular Hbond substituents is 1. The molecule has 1 fully saturated rings. The summed E-state index contributed by atoms with van der Waals surface area (Å²) in [4.78, 5) is 63.9. The number of carbonyl (C=O) groups is 5. The maximum Gasteiger partial charge on any atom is 0.303 e. The van der Waals surface area contributed by atoms with Gasteiger partial charge in [0.1, 0.15) is 22.8 Å². The van der Waals surface area contributed by atoms with E-state index in [0.717, 1.165) is 0 Å². The quantitative estimate of drug-likeness (QED) is 0.131. The number of nitrogens with two attached hydrogens (primary N) is 2. The van der Waals surface area contributed by atoms with Crippen molar-refractivity contribution in [1.82, 2.24) is 4.90 Å². The molecule has 11 N–H and O–H groups in total. The fraction of sp³-hybridized carbons (Fsp3) is 0.444. The van der Waals surface area contributed by atoms with Gasteiger partial charge >= 0.3 is 5.97 Å². The van der Waals surface area contributed by atoms with Crippen molar-refractivity contribution in [3.05, 3.63) is 40.2 Å². The van der Waals surface area contributed by atoms with Gasteiger partial charge in [-0.3, -0.25) is 28.9 Å². The van der Waals surface area contributed by atoms with E-state index in [1.54, 1.807) is 6.92 Å². The highest BCUT2D eigenvalue weighted by Crippen LogP contribution is 2.56. The van der Waals surface area contributed by atoms with E-state index in [-0.39, 0.29) is 29.7 Å². The Morgan fingerprint density at radius 3 is 2.31 bits per heavy atom. The summed E-state index contributed by atoms with van der Waals surface area (Å²) in [5.41, 5.74) is 6.05. The van der Waals surface area contributed by atoms with Crippen LogP contribution < -0.4 is 16.8 Å². The number of fused-ring (bicyclic) bond motifs is 3. The van der Waals surface area contributed by atoms with Crippen LogP contribution >= 0.6 is 0 Å². The molecule has 3 aliphatic rings. The number of aliphatic carboxylic acids is 1. The first-order valence-electron chi connectivity index (χ1n) is 12.9. The Bertz CT molecular complexity index is 1480. The maximum atomic E-state index is 14.0. The van der Waals surface area contributed by atoms with E-state index < -0.39 is 99.3 Å². The lowest BCUT2D eigenvalue weighted by atomic mass is 9.54. The zero-order valence-corrected chi connectivity index (χ0v) is 22.9. The number of carboxylic acid groups (broad SMARTS) is 1. The van der Waals surface area contributed by atoms with Crippen LogP contribution in [0, 0.1) is 11.8 Å². The van der Waals surface area contributed by atoms with Gasteiger partial charge in [0.2, 0.25) is 11.7 Å². The van der Waals surface area contributed by atoms with E-state index in [2.05, 4.69) is 5.32 Å². The van der Waals surface area contributed by atoms with Crippen LogP contribution in [-0.4, -0.2) is 103 Å². The van der Waals surface area contributed by atoms with Gasteiger partial charge in [0.15, 0.2) is 11.4 Å². The molecule has 0 bridgehead atoms. The van der Waals surface area contributed by atoms with E-state index >= 15 is 0 Å². The zero-order chi connectivity index (χ0) is 31.6. The third-order valence-corrected chi connectivity index (χ3v) is 8.39. The van der Waals surface area contributed by atoms with Crippen LogP contribution in [0.5, 0.6) is 5.75 Å². The Morgan fingerprint density at radius 1 is 1.14 bits per heavy atom. The largest absolute Gasteiger partial charge is 0.508 e. The number of primary amides is 1. The number of Topliss-reactive ketones (excluding diaryl/α,β-unsaturated/α-hetero) is 2. The minimum absolute atomic E-state index is 0.201. The van der Waals surface area contributed by atoms with Crippen LogP contribution in [0.15, 0.2) is 29.0 Å². The van der Waals surface area contributed by atoms with E-state index in [0.29, 0.717) is 0 Å². The van der Waals surface area contributed by atoms with Crippen molar-refractivity contribution in [2.24, 2.45) is 23.3 Å². The molecule has 7 atom stereocenters. The van der Waals surface area contributed by atoms with Crippen LogP contribution in [0.25, 0.3) is 5.76 Å². The predicted octanol–water partition coefficient (Wildman–Crippen LogP) is -1.37. The number of phenols is 1. The number of likely N-dealkylation sites (N-methyl/N-ethyl adjacent to an activating group) is 1. The zero-order valence-electron chi connectivity index (χ0n) is 22.9. The number of aliphatic hydroxyl groups is 4. The summed E-state index contributed by atoms with van der Waals surface area (Å²) in [5.74, 6) is -12.4. The Hall–Kier alpha value is -4.31. The molecule has 226 valence electrons. The number of hydrogen-bond acceptors (Lipinski definition) is 12. The summed E-state index contributed by atoms with van der Waals surface area (Å²) in [6, 6.07) is -0.0124. The molecular formula is C27H32N4O11. The van der Waals surface area contributed by atoms with Crippen LogP contribution in [0.1, 0.15) is 36.8 Å². The monoisotopic (exact) mass is 588 g/mol. The fourth-order valence-electron chi connectivity index (χ4n) is 6.35. The van der Waals surface area contributed by atoms with Gasteiger partial charge in [0.05, 0.1) is 35.4 Å². The van der Waals surface area contributed by atoms with Crippen molar-refractivity contribution in [3.63, 3.8) is 0 Å². The Kier molecular flexibility index (Phi) is 7.67. The van der Waals surface area contributed by atoms with Gasteiger partial charge in [-0.2, -0.15) is 0 Å². The molecule has 4 rings (SSSR count). The summed E-state index contributed by atoms with van der Waals surface area (Å²) in [7, 11) is 2.82. The molecule has 42 heavy (non-hydrogen) atoms. The lowest BCUT2D eigenvalue weighted by Gasteiger charge is -2.53. The van der Waals surface area contributed by atoms with Gasteiger partial charge in [-0.25, -0.2) is 0 Å². The number of carboxylic acids is 1. The molecule has 15 nitrogen and oxygen atoms in total. The van der Waals surface area contributed by atoms with E-state index in [9.17, 15) is 49.5 Å². The number of aliphatic hydroxyl groups excluding tert-OH is 3. The van der Waals surface area contributed by atoms with Gasteiger partial charge in [-0.1, -0.05) is 13.0 Å². The first kappa shape index (κ1) is 30.6. The Morgan fingerprint density at radius 2 is 1.76 bits per heavy atom. The minimum atomic E-state index is -3.05. The highest BCUT2D eigenvalue weighted by Gasteiger charge is 2.68. The molecule has 0 saturated heterocycles. The maximum absolute atomic E-state index is 14.0. The number of benzene rings is 1. The number of nitrogens with one attached hydrogen (secondary N) is 1. The van der Waals surface area contributed by atoms with Gasteiger partial charge in [0.25, 0.3) is 5.91 Å². The lowest BCUT2D eigenvalue weighted by molar-refractivity contribution is -0.169. The first-order chi connectivity index (χ1) is 19.5. The van der Waals surface area contributed by atoms with Gasteiger partial charge in [-0.15, -0.1) is 0 Å². The average Bonchev–Trinajstić information content (AvgIpc) is 2.90. The number of amides is 2. The van der Waals surface area contributed by atoms with E-state index in [4.69, 9.17) is 16.6 Å². The van der Waals surface area contributed by atoms with Crippen LogP contribution in [0.4, 0.5) is 5.69 Å². The van der Waals surface area contributed by atoms with Crippen LogP contribution in [0.3, 0.4) is 0 Å². The molecule has 3 unspecified atom stereocenters. The third kappa shape index (κ3) is 4.32. The number of rotatable bonds is 7. The summed E-state index contributed by atoms with van der Waals surface area (Å²) in [6.45, 7) is 1.57. The summed E-state index contributed by atoms with van der Waals surface area (Å²) < 4.78 is 0. The highest BCUT2D eigenvalue weighted by molar-refractivity contribution is 6.24. The lowest BCUT2D eigenvalue weighted by Crippen LogP contribution is -2.70. The second-order valence-electron chi connectivity index (χ2n) is 11.0. The molecule has 3 aliphatic carbocycles. The topological polar surface area (TPSA) is 274 Å². The molecule has 0 radical (unpaired) electrons. The molecule has 0 spiro atoms. The molecule has 1 saturated carbocycles. The van der Waals surface area contributed by atoms with Gasteiger partial charge in [-0.05, 0) is 38.1 Å². The number of carbonyl (C=O) groups excluding carboxylic acids is 4. The van der Waals surface area contributed by atoms with Gasteiger partial charge in [0, 0.05) is 17.9 Å². The fourth-order valence-corrected chi connectivity index (χ4v) is 6.35. The molecule has 0 aromatic heterocycles. The molecule has 1 aromatic carbocycles. The standard InChI is InChI=1S/C27H32N4O11/c1-8-9-4-6-11(30-26(41)10(28)5-7-12(32)33)19(34)14(9)20(35)15-13(8)21(36)17-18(31(2)3)22(37)16(25(29)40)24(39)27(17,42)23(15)38/h4,6,8,10,13,17-18,21,34-36,39,42H,5,7,28H2,1-3H3,(H2,29,40)(H,30,41)(H,32,33)/t8-,10-,13?,17?,18-,21?,27-/m0/s1. The SMILES string of the molecule is C[C@H]1c2ccc(NC(=O)[C@@H](N)CCC(=O)O)c(O)c2C(O)=C2C(=O)[C@]3(O)C(O)=C(C(N)=O)C(=O)[C@@H](N(C)C)C3C(O)C21.